The molecule has 1 aliphatic heterocycles. The number of carbonyl (C=O) groups excluding carboxylic acids is 1. The second kappa shape index (κ2) is 6.56. The average molecular weight is 244 g/mol. The van der Waals surface area contributed by atoms with Crippen LogP contribution >= 0.6 is 0 Å². The molecule has 1 rings (SSSR count). The maximum absolute atomic E-state index is 12.1. The predicted molar refractivity (Wildman–Crippen MR) is 61.7 cm³/mol. The molecular weight excluding hydrogens is 224 g/mol. The molecule has 6 nitrogen and oxygen atoms in total. The van der Waals surface area contributed by atoms with Gasteiger partial charge in [-0.15, -0.1) is 0 Å². The lowest BCUT2D eigenvalue weighted by molar-refractivity contribution is -0.146. The van der Waals surface area contributed by atoms with Crippen LogP contribution in [0, 0.1) is 5.92 Å². The number of hydrogen-bond donors (Lipinski definition) is 1. The first-order chi connectivity index (χ1) is 8.00. The van der Waals surface area contributed by atoms with E-state index in [4.69, 9.17) is 9.84 Å². The number of carboxylic acids is 1. The van der Waals surface area contributed by atoms with Crippen LogP contribution in [0.3, 0.4) is 0 Å². The average Bonchev–Trinajstić information content (AvgIpc) is 2.75. The van der Waals surface area contributed by atoms with Gasteiger partial charge in [-0.25, -0.2) is 0 Å². The number of aliphatic carboxylic acids is 1. The van der Waals surface area contributed by atoms with Gasteiger partial charge in [-0.3, -0.25) is 9.59 Å². The number of carboxylic acid groups (broad SMARTS) is 1. The summed E-state index contributed by atoms with van der Waals surface area (Å²) in [5, 5.41) is 8.80. The maximum Gasteiger partial charge on any atom is 0.323 e. The van der Waals surface area contributed by atoms with E-state index in [2.05, 4.69) is 0 Å². The predicted octanol–water partition coefficient (Wildman–Crippen LogP) is -0.502. The Labute approximate surface area is 101 Å². The first-order valence-corrected chi connectivity index (χ1v) is 5.73. The van der Waals surface area contributed by atoms with Crippen LogP contribution in [0.5, 0.6) is 0 Å². The Morgan fingerprint density at radius 3 is 2.53 bits per heavy atom. The monoisotopic (exact) mass is 244 g/mol. The Kier molecular flexibility index (Phi) is 5.37. The Hall–Kier alpha value is -1.14. The molecule has 6 heteroatoms. The summed E-state index contributed by atoms with van der Waals surface area (Å²) in [4.78, 5) is 26.1. The molecule has 1 atom stereocenters. The highest BCUT2D eigenvalue weighted by Crippen LogP contribution is 2.15. The van der Waals surface area contributed by atoms with Crippen molar-refractivity contribution in [3.8, 4) is 0 Å². The van der Waals surface area contributed by atoms with Gasteiger partial charge in [0.25, 0.3) is 0 Å². The topological polar surface area (TPSA) is 70.1 Å². The summed E-state index contributed by atoms with van der Waals surface area (Å²) in [6.07, 6.45) is 0.691. The van der Waals surface area contributed by atoms with Gasteiger partial charge in [-0.1, -0.05) is 0 Å². The first kappa shape index (κ1) is 13.9. The van der Waals surface area contributed by atoms with E-state index in [0.29, 0.717) is 32.7 Å². The minimum atomic E-state index is -0.976. The van der Waals surface area contributed by atoms with Gasteiger partial charge in [0.05, 0.1) is 12.5 Å². The molecule has 0 bridgehead atoms. The summed E-state index contributed by atoms with van der Waals surface area (Å²) in [7, 11) is 3.78. The zero-order valence-corrected chi connectivity index (χ0v) is 10.4. The highest BCUT2D eigenvalue weighted by atomic mass is 16.5. The highest BCUT2D eigenvalue weighted by Gasteiger charge is 2.28. The second-order valence-corrected chi connectivity index (χ2v) is 4.52. The third-order valence-electron chi connectivity index (χ3n) is 2.73. The molecule has 1 N–H and O–H groups in total. The van der Waals surface area contributed by atoms with E-state index in [1.165, 1.54) is 4.90 Å². The van der Waals surface area contributed by atoms with Crippen LogP contribution in [-0.2, 0) is 14.3 Å². The van der Waals surface area contributed by atoms with E-state index in [1.54, 1.807) is 0 Å². The molecule has 0 radical (unpaired) electrons. The van der Waals surface area contributed by atoms with E-state index in [1.807, 2.05) is 19.0 Å². The van der Waals surface area contributed by atoms with Crippen LogP contribution in [0.2, 0.25) is 0 Å². The van der Waals surface area contributed by atoms with Crippen molar-refractivity contribution >= 4 is 11.9 Å². The molecule has 17 heavy (non-hydrogen) atoms. The maximum atomic E-state index is 12.1. The number of hydrogen-bond acceptors (Lipinski definition) is 4. The zero-order valence-electron chi connectivity index (χ0n) is 10.4. The minimum Gasteiger partial charge on any atom is -0.480 e. The molecule has 0 aromatic rings. The fourth-order valence-electron chi connectivity index (χ4n) is 1.74. The molecule has 0 aromatic heterocycles. The van der Waals surface area contributed by atoms with Crippen LogP contribution in [-0.4, -0.2) is 73.7 Å². The van der Waals surface area contributed by atoms with Crippen LogP contribution < -0.4 is 0 Å². The summed E-state index contributed by atoms with van der Waals surface area (Å²) in [6.45, 7) is 1.87. The fraction of sp³-hybridized carbons (Fsp3) is 0.818. The van der Waals surface area contributed by atoms with Crippen molar-refractivity contribution in [2.45, 2.75) is 6.42 Å². The number of amides is 1. The number of likely N-dealkylation sites (N-methyl/N-ethyl adjacent to an activating group) is 1. The van der Waals surface area contributed by atoms with Gasteiger partial charge in [0.15, 0.2) is 0 Å². The molecule has 1 amide bonds. The van der Waals surface area contributed by atoms with Gasteiger partial charge in [0.2, 0.25) is 5.91 Å². The summed E-state index contributed by atoms with van der Waals surface area (Å²) in [5.41, 5.74) is 0. The van der Waals surface area contributed by atoms with Crippen molar-refractivity contribution in [1.82, 2.24) is 9.80 Å². The van der Waals surface area contributed by atoms with E-state index in [9.17, 15) is 9.59 Å². The van der Waals surface area contributed by atoms with Crippen molar-refractivity contribution in [1.29, 1.82) is 0 Å². The Bertz CT molecular complexity index is 275. The molecule has 1 aliphatic rings. The van der Waals surface area contributed by atoms with Crippen molar-refractivity contribution in [2.75, 3.05) is 46.9 Å². The highest BCUT2D eigenvalue weighted by molar-refractivity contribution is 5.83. The van der Waals surface area contributed by atoms with Gasteiger partial charge in [-0.05, 0) is 20.5 Å². The Balaban J connectivity index is 2.53. The van der Waals surface area contributed by atoms with Crippen molar-refractivity contribution in [2.24, 2.45) is 5.92 Å². The molecule has 1 saturated heterocycles. The van der Waals surface area contributed by atoms with E-state index in [-0.39, 0.29) is 18.4 Å². The quantitative estimate of drug-likeness (QED) is 0.682. The lowest BCUT2D eigenvalue weighted by Crippen LogP contribution is -2.43. The normalized spacial score (nSPS) is 19.6. The van der Waals surface area contributed by atoms with Crippen LogP contribution in [0.4, 0.5) is 0 Å². The summed E-state index contributed by atoms with van der Waals surface area (Å²) >= 11 is 0. The number of rotatable bonds is 6. The molecule has 98 valence electrons. The van der Waals surface area contributed by atoms with Gasteiger partial charge >= 0.3 is 5.97 Å². The van der Waals surface area contributed by atoms with Gasteiger partial charge in [0, 0.05) is 19.7 Å². The molecule has 1 fully saturated rings. The first-order valence-electron chi connectivity index (χ1n) is 5.73. The second-order valence-electron chi connectivity index (χ2n) is 4.52. The van der Waals surface area contributed by atoms with Gasteiger partial charge < -0.3 is 19.6 Å². The molecule has 1 unspecified atom stereocenters. The lowest BCUT2D eigenvalue weighted by atomic mass is 10.1. The van der Waals surface area contributed by atoms with Crippen LogP contribution in [0.15, 0.2) is 0 Å². The van der Waals surface area contributed by atoms with Crippen molar-refractivity contribution in [3.05, 3.63) is 0 Å². The third kappa shape index (κ3) is 4.70. The number of nitrogens with zero attached hydrogens (tertiary/aromatic N) is 2. The smallest absolute Gasteiger partial charge is 0.323 e. The Morgan fingerprint density at radius 2 is 2.06 bits per heavy atom. The van der Waals surface area contributed by atoms with Crippen LogP contribution in [0.25, 0.3) is 0 Å². The third-order valence-corrected chi connectivity index (χ3v) is 2.73. The fourth-order valence-corrected chi connectivity index (χ4v) is 1.74. The van der Waals surface area contributed by atoms with Gasteiger partial charge in [-0.2, -0.15) is 0 Å². The number of carbonyl (C=O) groups is 2. The number of ether oxygens (including phenoxy) is 1. The largest absolute Gasteiger partial charge is 0.480 e. The summed E-state index contributed by atoms with van der Waals surface area (Å²) in [5.74, 6) is -1.25. The van der Waals surface area contributed by atoms with E-state index in [0.717, 1.165) is 0 Å². The van der Waals surface area contributed by atoms with E-state index < -0.39 is 5.97 Å². The van der Waals surface area contributed by atoms with Crippen LogP contribution in [0.1, 0.15) is 6.42 Å². The molecule has 0 aromatic carbocycles. The van der Waals surface area contributed by atoms with Gasteiger partial charge in [0.1, 0.15) is 6.54 Å². The Morgan fingerprint density at radius 1 is 1.35 bits per heavy atom. The summed E-state index contributed by atoms with van der Waals surface area (Å²) in [6, 6.07) is 0. The SMILES string of the molecule is CN(C)CCN(CC(=O)O)C(=O)C1CCOC1. The lowest BCUT2D eigenvalue weighted by Gasteiger charge is -2.24. The molecule has 1 heterocycles. The van der Waals surface area contributed by atoms with Crippen molar-refractivity contribution in [3.63, 3.8) is 0 Å². The van der Waals surface area contributed by atoms with E-state index >= 15 is 0 Å². The zero-order chi connectivity index (χ0) is 12.8. The minimum absolute atomic E-state index is 0.105. The molecule has 0 aliphatic carbocycles. The standard InChI is InChI=1S/C11H20N2O4/c1-12(2)4-5-13(7-10(14)15)11(16)9-3-6-17-8-9/h9H,3-8H2,1-2H3,(H,14,15). The molecular formula is C11H20N2O4. The molecule has 0 spiro atoms. The van der Waals surface area contributed by atoms with Crippen molar-refractivity contribution < 1.29 is 19.4 Å². The molecule has 0 saturated carbocycles. The summed E-state index contributed by atoms with van der Waals surface area (Å²) < 4.78 is 5.15.